The second kappa shape index (κ2) is 12.2. The average molecular weight is 720 g/mol. The molecule has 9 aromatic rings. The van der Waals surface area contributed by atoms with E-state index in [2.05, 4.69) is 180 Å². The van der Waals surface area contributed by atoms with E-state index < -0.39 is 0 Å². The smallest absolute Gasteiger partial charge is 0.161 e. The molecule has 1 aliphatic heterocycles. The predicted molar refractivity (Wildman–Crippen MR) is 225 cm³/mol. The molecule has 270 valence electrons. The molecule has 0 spiro atoms. The Morgan fingerprint density at radius 1 is 0.636 bits per heavy atom. The van der Waals surface area contributed by atoms with Crippen LogP contribution in [0.5, 0.6) is 11.5 Å². The van der Waals surface area contributed by atoms with Crippen molar-refractivity contribution in [2.75, 3.05) is 23.5 Å². The van der Waals surface area contributed by atoms with Gasteiger partial charge >= 0.3 is 0 Å². The zero-order valence-corrected chi connectivity index (χ0v) is 31.9. The number of rotatable bonds is 5. The van der Waals surface area contributed by atoms with Gasteiger partial charge in [0.25, 0.3) is 0 Å². The molecule has 5 aromatic carbocycles. The van der Waals surface area contributed by atoms with Crippen molar-refractivity contribution in [3.63, 3.8) is 0 Å². The Bertz CT molecular complexity index is 2930. The number of aryl methyl sites for hydroxylation is 2. The molecule has 5 heterocycles. The molecular weight excluding hydrogens is 679 g/mol. The van der Waals surface area contributed by atoms with Crippen LogP contribution in [0.2, 0.25) is 0 Å². The van der Waals surface area contributed by atoms with E-state index in [-0.39, 0.29) is 5.41 Å². The van der Waals surface area contributed by atoms with E-state index >= 15 is 0 Å². The van der Waals surface area contributed by atoms with Gasteiger partial charge in [-0.1, -0.05) is 75.4 Å². The minimum absolute atomic E-state index is 0.102. The van der Waals surface area contributed by atoms with Crippen LogP contribution in [0.15, 0.2) is 128 Å². The van der Waals surface area contributed by atoms with Gasteiger partial charge in [0.15, 0.2) is 5.82 Å². The molecular formula is C47H41N7O. The first-order chi connectivity index (χ1) is 26.6. The third-order valence-electron chi connectivity index (χ3n) is 11.1. The van der Waals surface area contributed by atoms with Gasteiger partial charge in [-0.25, -0.2) is 15.0 Å². The van der Waals surface area contributed by atoms with Gasteiger partial charge < -0.3 is 19.1 Å². The highest BCUT2D eigenvalue weighted by atomic mass is 16.5. The van der Waals surface area contributed by atoms with Crippen molar-refractivity contribution in [3.05, 3.63) is 145 Å². The molecule has 0 aliphatic carbocycles. The Balaban J connectivity index is 1.12. The molecule has 0 unspecified atom stereocenters. The third-order valence-corrected chi connectivity index (χ3v) is 11.1. The number of hydrogen-bond acceptors (Lipinski definition) is 6. The maximum Gasteiger partial charge on any atom is 0.161 e. The first kappa shape index (κ1) is 32.9. The van der Waals surface area contributed by atoms with E-state index in [0.29, 0.717) is 6.67 Å². The Morgan fingerprint density at radius 3 is 2.13 bits per heavy atom. The van der Waals surface area contributed by atoms with E-state index in [1.165, 1.54) is 38.5 Å². The topological polar surface area (TPSA) is 64.2 Å². The Labute approximate surface area is 319 Å². The van der Waals surface area contributed by atoms with Crippen LogP contribution in [-0.4, -0.2) is 37.8 Å². The van der Waals surface area contributed by atoms with Crippen molar-refractivity contribution >= 4 is 60.8 Å². The molecule has 8 nitrogen and oxygen atoms in total. The number of anilines is 3. The minimum Gasteiger partial charge on any atom is -0.457 e. The Morgan fingerprint density at radius 2 is 1.36 bits per heavy atom. The van der Waals surface area contributed by atoms with Crippen molar-refractivity contribution in [2.45, 2.75) is 40.0 Å². The van der Waals surface area contributed by atoms with Crippen LogP contribution in [0.25, 0.3) is 55.1 Å². The zero-order chi connectivity index (χ0) is 37.6. The molecule has 0 saturated carbocycles. The summed E-state index contributed by atoms with van der Waals surface area (Å²) >= 11 is 0. The van der Waals surface area contributed by atoms with Gasteiger partial charge in [0.05, 0.1) is 40.6 Å². The highest BCUT2D eigenvalue weighted by Crippen LogP contribution is 2.42. The highest BCUT2D eigenvalue weighted by Gasteiger charge is 2.28. The number of pyridine rings is 1. The van der Waals surface area contributed by atoms with Gasteiger partial charge in [0.2, 0.25) is 0 Å². The van der Waals surface area contributed by atoms with E-state index in [9.17, 15) is 0 Å². The second-order valence-corrected chi connectivity index (χ2v) is 15.7. The first-order valence-electron chi connectivity index (χ1n) is 18.8. The van der Waals surface area contributed by atoms with Crippen LogP contribution >= 0.6 is 0 Å². The monoisotopic (exact) mass is 719 g/mol. The van der Waals surface area contributed by atoms with Crippen LogP contribution < -0.4 is 14.5 Å². The summed E-state index contributed by atoms with van der Waals surface area (Å²) in [5.74, 6) is 3.25. The summed E-state index contributed by atoms with van der Waals surface area (Å²) in [5, 5.41) is 4.81. The van der Waals surface area contributed by atoms with Gasteiger partial charge in [-0.15, -0.1) is 0 Å². The fraction of sp³-hybridized carbons (Fsp3) is 0.170. The maximum atomic E-state index is 6.82. The summed E-state index contributed by atoms with van der Waals surface area (Å²) in [7, 11) is 2.07. The largest absolute Gasteiger partial charge is 0.457 e. The predicted octanol–water partition coefficient (Wildman–Crippen LogP) is 11.3. The molecule has 55 heavy (non-hydrogen) atoms. The summed E-state index contributed by atoms with van der Waals surface area (Å²) in [4.78, 5) is 18.3. The SMILES string of the molecule is Cc1cccc2c3cccc(C)c3n(-c3ccnc(-n4c5ccccc5c5ccc(Oc6cc(N7CN(C)c8cncnc87)cc(C(C)(C)C)c6)cc54)c3)c12. The lowest BCUT2D eigenvalue weighted by Crippen LogP contribution is -2.24. The highest BCUT2D eigenvalue weighted by molar-refractivity contribution is 6.12. The first-order valence-corrected chi connectivity index (χ1v) is 18.8. The lowest BCUT2D eigenvalue weighted by atomic mass is 9.86. The standard InChI is InChI=1S/C47H41N7O/c1-29-11-9-14-38-39-15-10-12-30(2)45(39)53(44(29)38)32-19-20-49-43(24-32)54-40-16-8-7-13-36(40)37-18-17-34(25-41(37)54)55-35-22-31(47(3,4)5)21-33(23-35)52-28-51(6)42-26-48-27-50-46(42)52/h7-27H,28H2,1-6H3. The summed E-state index contributed by atoms with van der Waals surface area (Å²) in [6, 6.07) is 38.9. The molecule has 0 bridgehead atoms. The lowest BCUT2D eigenvalue weighted by molar-refractivity contribution is 0.479. The molecule has 8 heteroatoms. The molecule has 0 radical (unpaired) electrons. The molecule has 0 saturated heterocycles. The molecule has 4 aromatic heterocycles. The van der Waals surface area contributed by atoms with Gasteiger partial charge in [-0.05, 0) is 72.4 Å². The van der Waals surface area contributed by atoms with Gasteiger partial charge in [-0.3, -0.25) is 4.57 Å². The van der Waals surface area contributed by atoms with E-state index in [4.69, 9.17) is 9.72 Å². The summed E-state index contributed by atoms with van der Waals surface area (Å²) in [5.41, 5.74) is 11.2. The van der Waals surface area contributed by atoms with E-state index in [1.807, 2.05) is 12.4 Å². The number of ether oxygens (including phenoxy) is 1. The maximum absolute atomic E-state index is 6.82. The molecule has 0 fully saturated rings. The quantitative estimate of drug-likeness (QED) is 0.176. The molecule has 0 atom stereocenters. The van der Waals surface area contributed by atoms with E-state index in [1.54, 1.807) is 6.33 Å². The van der Waals surface area contributed by atoms with E-state index in [0.717, 1.165) is 62.0 Å². The normalized spacial score (nSPS) is 13.1. The van der Waals surface area contributed by atoms with Crippen molar-refractivity contribution < 1.29 is 4.74 Å². The summed E-state index contributed by atoms with van der Waals surface area (Å²) < 4.78 is 11.5. The van der Waals surface area contributed by atoms with Crippen molar-refractivity contribution in [1.29, 1.82) is 0 Å². The number of hydrogen-bond donors (Lipinski definition) is 0. The van der Waals surface area contributed by atoms with Gasteiger partial charge in [0.1, 0.15) is 29.3 Å². The van der Waals surface area contributed by atoms with Gasteiger partial charge in [0, 0.05) is 58.7 Å². The van der Waals surface area contributed by atoms with Crippen molar-refractivity contribution in [2.24, 2.45) is 0 Å². The Kier molecular flexibility index (Phi) is 7.29. The fourth-order valence-corrected chi connectivity index (χ4v) is 8.37. The third kappa shape index (κ3) is 5.23. The van der Waals surface area contributed by atoms with Crippen LogP contribution in [0.4, 0.5) is 17.2 Å². The number of nitrogens with zero attached hydrogens (tertiary/aromatic N) is 7. The number of para-hydroxylation sites is 3. The zero-order valence-electron chi connectivity index (χ0n) is 31.9. The van der Waals surface area contributed by atoms with Crippen LogP contribution in [-0.2, 0) is 5.41 Å². The van der Waals surface area contributed by atoms with Crippen LogP contribution in [0, 0.1) is 13.8 Å². The molecule has 0 N–H and O–H groups in total. The van der Waals surface area contributed by atoms with Gasteiger partial charge in [-0.2, -0.15) is 0 Å². The number of aromatic nitrogens is 5. The van der Waals surface area contributed by atoms with Crippen molar-refractivity contribution in [3.8, 4) is 23.0 Å². The molecule has 1 aliphatic rings. The summed E-state index contributed by atoms with van der Waals surface area (Å²) in [6.45, 7) is 11.8. The minimum atomic E-state index is -0.102. The summed E-state index contributed by atoms with van der Waals surface area (Å²) in [6.07, 6.45) is 5.41. The molecule has 0 amide bonds. The van der Waals surface area contributed by atoms with Crippen LogP contribution in [0.3, 0.4) is 0 Å². The number of fused-ring (bicyclic) bond motifs is 7. The lowest BCUT2D eigenvalue weighted by Gasteiger charge is -2.25. The average Bonchev–Trinajstić information content (AvgIpc) is 3.83. The fourth-order valence-electron chi connectivity index (χ4n) is 8.37. The van der Waals surface area contributed by atoms with Crippen LogP contribution in [0.1, 0.15) is 37.5 Å². The molecule has 10 rings (SSSR count). The number of benzene rings is 5. The van der Waals surface area contributed by atoms with Crippen molar-refractivity contribution in [1.82, 2.24) is 24.1 Å². The Hall–Kier alpha value is -6.67. The second-order valence-electron chi connectivity index (χ2n) is 15.7.